The maximum absolute atomic E-state index is 14.3. The first-order valence-electron chi connectivity index (χ1n) is 7.57. The van der Waals surface area contributed by atoms with E-state index in [2.05, 4.69) is 20.1 Å². The summed E-state index contributed by atoms with van der Waals surface area (Å²) in [4.78, 5) is 12.7. The third-order valence-corrected chi connectivity index (χ3v) is 4.15. The second kappa shape index (κ2) is 5.15. The predicted molar refractivity (Wildman–Crippen MR) is 78.2 cm³/mol. The zero-order chi connectivity index (χ0) is 15.1. The van der Waals surface area contributed by atoms with Crippen LogP contribution < -0.4 is 5.73 Å². The fraction of sp³-hybridized carbons (Fsp3) is 0.467. The third-order valence-electron chi connectivity index (χ3n) is 4.15. The van der Waals surface area contributed by atoms with Gasteiger partial charge in [-0.2, -0.15) is 4.98 Å². The average Bonchev–Trinajstić information content (AvgIpc) is 3.03. The molecule has 6 nitrogen and oxygen atoms in total. The second-order valence-electron chi connectivity index (χ2n) is 5.85. The van der Waals surface area contributed by atoms with Gasteiger partial charge in [-0.05, 0) is 44.1 Å². The molecule has 114 valence electrons. The smallest absolute Gasteiger partial charge is 0.286 e. The minimum absolute atomic E-state index is 0.0856. The van der Waals surface area contributed by atoms with Crippen LogP contribution in [0.25, 0.3) is 17.2 Å². The van der Waals surface area contributed by atoms with Crippen LogP contribution in [0.1, 0.15) is 56.2 Å². The van der Waals surface area contributed by atoms with Crippen molar-refractivity contribution >= 4 is 11.6 Å². The molecule has 0 aromatic carbocycles. The van der Waals surface area contributed by atoms with Gasteiger partial charge in [-0.25, -0.2) is 14.4 Å². The van der Waals surface area contributed by atoms with Crippen LogP contribution in [0, 0.1) is 0 Å². The largest absolute Gasteiger partial charge is 0.383 e. The van der Waals surface area contributed by atoms with Crippen molar-refractivity contribution in [3.63, 3.8) is 0 Å². The van der Waals surface area contributed by atoms with Crippen molar-refractivity contribution in [1.82, 2.24) is 20.1 Å². The first-order chi connectivity index (χ1) is 10.7. The van der Waals surface area contributed by atoms with Crippen LogP contribution >= 0.6 is 0 Å². The van der Waals surface area contributed by atoms with Crippen LogP contribution in [0.4, 0.5) is 10.2 Å². The molecule has 2 saturated carbocycles. The lowest BCUT2D eigenvalue weighted by atomic mass is 10.2. The van der Waals surface area contributed by atoms with Crippen molar-refractivity contribution in [2.75, 3.05) is 5.73 Å². The van der Waals surface area contributed by atoms with E-state index in [1.807, 2.05) is 0 Å². The minimum Gasteiger partial charge on any atom is -0.383 e. The number of nitrogens with two attached hydrogens (primary N) is 1. The summed E-state index contributed by atoms with van der Waals surface area (Å²) in [5.74, 6) is 1.22. The zero-order valence-electron chi connectivity index (χ0n) is 12.0. The van der Waals surface area contributed by atoms with E-state index in [-0.39, 0.29) is 11.7 Å². The molecule has 2 aliphatic carbocycles. The summed E-state index contributed by atoms with van der Waals surface area (Å²) in [5, 5.41) is 3.81. The molecule has 0 bridgehead atoms. The fourth-order valence-corrected chi connectivity index (χ4v) is 2.71. The van der Waals surface area contributed by atoms with Gasteiger partial charge in [0.05, 0.1) is 5.56 Å². The van der Waals surface area contributed by atoms with Gasteiger partial charge in [-0.1, -0.05) is 5.16 Å². The van der Waals surface area contributed by atoms with E-state index < -0.39 is 5.83 Å². The van der Waals surface area contributed by atoms with Gasteiger partial charge in [0.1, 0.15) is 11.6 Å². The number of nitrogens with zero attached hydrogens (tertiary/aromatic N) is 4. The van der Waals surface area contributed by atoms with E-state index in [4.69, 9.17) is 10.3 Å². The lowest BCUT2D eigenvalue weighted by Crippen LogP contribution is -2.01. The summed E-state index contributed by atoms with van der Waals surface area (Å²) in [5.41, 5.74) is 7.18. The molecule has 2 fully saturated rings. The molecule has 0 atom stereocenters. The number of allylic oxidation sites excluding steroid dienone is 1. The van der Waals surface area contributed by atoms with Crippen molar-refractivity contribution in [3.05, 3.63) is 23.5 Å². The molecular formula is C15H16FN5O. The second-order valence-corrected chi connectivity index (χ2v) is 5.85. The Bertz CT molecular complexity index is 742. The zero-order valence-corrected chi connectivity index (χ0v) is 12.0. The molecule has 0 spiro atoms. The van der Waals surface area contributed by atoms with Gasteiger partial charge in [0.25, 0.3) is 5.89 Å². The lowest BCUT2D eigenvalue weighted by Gasteiger charge is -2.02. The highest BCUT2D eigenvalue weighted by Gasteiger charge is 2.27. The predicted octanol–water partition coefficient (Wildman–Crippen LogP) is 3.24. The molecule has 0 aliphatic heterocycles. The number of hydrogen-bond donors (Lipinski definition) is 1. The summed E-state index contributed by atoms with van der Waals surface area (Å²) in [6.07, 6.45) is 7.31. The summed E-state index contributed by atoms with van der Waals surface area (Å²) in [6.45, 7) is 0. The summed E-state index contributed by atoms with van der Waals surface area (Å²) in [6, 6.07) is 0. The monoisotopic (exact) mass is 301 g/mol. The Balaban J connectivity index is 1.65. The summed E-state index contributed by atoms with van der Waals surface area (Å²) >= 11 is 0. The van der Waals surface area contributed by atoms with Crippen LogP contribution in [0.5, 0.6) is 0 Å². The molecular weight excluding hydrogens is 285 g/mol. The Morgan fingerprint density at radius 1 is 1.23 bits per heavy atom. The molecule has 0 saturated heterocycles. The van der Waals surface area contributed by atoms with Crippen molar-refractivity contribution in [3.8, 4) is 11.4 Å². The molecule has 2 heterocycles. The van der Waals surface area contributed by atoms with Gasteiger partial charge < -0.3 is 10.3 Å². The van der Waals surface area contributed by atoms with Crippen LogP contribution in [-0.4, -0.2) is 20.1 Å². The highest BCUT2D eigenvalue weighted by molar-refractivity contribution is 5.68. The van der Waals surface area contributed by atoms with E-state index in [9.17, 15) is 4.39 Å². The Kier molecular flexibility index (Phi) is 3.13. The Morgan fingerprint density at radius 3 is 2.68 bits per heavy atom. The normalized spacial score (nSPS) is 18.0. The molecule has 4 rings (SSSR count). The molecule has 2 aromatic rings. The van der Waals surface area contributed by atoms with Crippen LogP contribution in [-0.2, 0) is 0 Å². The standard InChI is InChI=1S/C15H16FN5O/c16-11(8-3-1-2-4-8)15-20-14(21-22-15)10-7-18-13(9-5-6-9)19-12(10)17/h7,9H,1-6H2,(H2,17,18,19). The summed E-state index contributed by atoms with van der Waals surface area (Å²) in [7, 11) is 0. The molecule has 2 N–H and O–H groups in total. The van der Waals surface area contributed by atoms with Gasteiger partial charge >= 0.3 is 0 Å². The molecule has 2 aliphatic rings. The number of anilines is 1. The number of hydrogen-bond acceptors (Lipinski definition) is 6. The van der Waals surface area contributed by atoms with E-state index in [0.717, 1.165) is 49.9 Å². The van der Waals surface area contributed by atoms with Gasteiger partial charge in [0.2, 0.25) is 5.82 Å². The Hall–Kier alpha value is -2.31. The Labute approximate surface area is 126 Å². The number of halogens is 1. The van der Waals surface area contributed by atoms with Crippen LogP contribution in [0.2, 0.25) is 0 Å². The topological polar surface area (TPSA) is 90.7 Å². The fourth-order valence-electron chi connectivity index (χ4n) is 2.71. The molecule has 7 heteroatoms. The molecule has 0 radical (unpaired) electrons. The maximum atomic E-state index is 14.3. The van der Waals surface area contributed by atoms with Crippen molar-refractivity contribution in [2.45, 2.75) is 44.4 Å². The Morgan fingerprint density at radius 2 is 2.00 bits per heavy atom. The van der Waals surface area contributed by atoms with Crippen molar-refractivity contribution in [2.24, 2.45) is 0 Å². The molecule has 0 unspecified atom stereocenters. The highest BCUT2D eigenvalue weighted by atomic mass is 19.1. The van der Waals surface area contributed by atoms with Gasteiger partial charge in [-0.15, -0.1) is 0 Å². The number of aromatic nitrogens is 4. The van der Waals surface area contributed by atoms with E-state index in [0.29, 0.717) is 17.3 Å². The van der Waals surface area contributed by atoms with E-state index >= 15 is 0 Å². The highest BCUT2D eigenvalue weighted by Crippen LogP contribution is 2.39. The van der Waals surface area contributed by atoms with Crippen LogP contribution in [0.15, 0.2) is 16.3 Å². The van der Waals surface area contributed by atoms with Crippen molar-refractivity contribution in [1.29, 1.82) is 0 Å². The lowest BCUT2D eigenvalue weighted by molar-refractivity contribution is 0.397. The quantitative estimate of drug-likeness (QED) is 0.935. The number of rotatable bonds is 3. The average molecular weight is 301 g/mol. The van der Waals surface area contributed by atoms with Gasteiger partial charge in [0.15, 0.2) is 5.83 Å². The number of nitrogen functional groups attached to an aromatic ring is 1. The van der Waals surface area contributed by atoms with E-state index in [1.54, 1.807) is 6.20 Å². The van der Waals surface area contributed by atoms with Crippen LogP contribution in [0.3, 0.4) is 0 Å². The SMILES string of the molecule is Nc1nc(C2CC2)ncc1-c1noc(C(F)=C2CCCC2)n1. The molecule has 22 heavy (non-hydrogen) atoms. The maximum Gasteiger partial charge on any atom is 0.286 e. The third kappa shape index (κ3) is 2.36. The van der Waals surface area contributed by atoms with Gasteiger partial charge in [0, 0.05) is 12.1 Å². The van der Waals surface area contributed by atoms with Gasteiger partial charge in [-0.3, -0.25) is 0 Å². The molecule has 0 amide bonds. The van der Waals surface area contributed by atoms with E-state index in [1.165, 1.54) is 0 Å². The first-order valence-corrected chi connectivity index (χ1v) is 7.57. The van der Waals surface area contributed by atoms with Crippen molar-refractivity contribution < 1.29 is 8.91 Å². The molecule has 2 aromatic heterocycles. The first kappa shape index (κ1) is 13.4. The minimum atomic E-state index is -0.398. The summed E-state index contributed by atoms with van der Waals surface area (Å²) < 4.78 is 19.3.